The van der Waals surface area contributed by atoms with E-state index < -0.39 is 6.09 Å². The SMILES string of the molecule is COc1ccc(C2CC=CN(C(=O)c3ccc(OC(N)=O)c(CCCN(C)C)c3)N2)cc1OC. The predicted octanol–water partition coefficient (Wildman–Crippen LogP) is 3.26. The third-order valence-corrected chi connectivity index (χ3v) is 5.52. The van der Waals surface area contributed by atoms with E-state index in [-0.39, 0.29) is 11.9 Å². The minimum absolute atomic E-state index is 0.120. The molecule has 1 unspecified atom stereocenters. The highest BCUT2D eigenvalue weighted by Gasteiger charge is 2.24. The maximum atomic E-state index is 13.3. The summed E-state index contributed by atoms with van der Waals surface area (Å²) in [5.41, 5.74) is 10.7. The maximum absolute atomic E-state index is 13.3. The van der Waals surface area contributed by atoms with Crippen LogP contribution in [0.1, 0.15) is 40.4 Å². The molecule has 1 aliphatic heterocycles. The maximum Gasteiger partial charge on any atom is 0.409 e. The molecular formula is C25H32N4O5. The van der Waals surface area contributed by atoms with Crippen LogP contribution in [0.25, 0.3) is 0 Å². The Hall–Kier alpha value is -3.56. The molecule has 0 spiro atoms. The second-order valence-corrected chi connectivity index (χ2v) is 8.24. The number of amides is 2. The Bertz CT molecular complexity index is 1050. The molecule has 182 valence electrons. The van der Waals surface area contributed by atoms with Gasteiger partial charge in [-0.15, -0.1) is 0 Å². The van der Waals surface area contributed by atoms with Gasteiger partial charge in [-0.2, -0.15) is 0 Å². The predicted molar refractivity (Wildman–Crippen MR) is 129 cm³/mol. The molecule has 9 nitrogen and oxygen atoms in total. The minimum Gasteiger partial charge on any atom is -0.493 e. The monoisotopic (exact) mass is 468 g/mol. The van der Waals surface area contributed by atoms with Gasteiger partial charge < -0.3 is 24.8 Å². The molecule has 0 radical (unpaired) electrons. The number of carbonyl (C=O) groups excluding carboxylic acids is 2. The number of nitrogens with one attached hydrogen (secondary N) is 1. The zero-order valence-corrected chi connectivity index (χ0v) is 20.0. The van der Waals surface area contributed by atoms with E-state index in [0.29, 0.717) is 35.7 Å². The van der Waals surface area contributed by atoms with Gasteiger partial charge in [-0.25, -0.2) is 15.2 Å². The van der Waals surface area contributed by atoms with Gasteiger partial charge >= 0.3 is 6.09 Å². The molecule has 1 aliphatic rings. The van der Waals surface area contributed by atoms with E-state index in [4.69, 9.17) is 19.9 Å². The second-order valence-electron chi connectivity index (χ2n) is 8.24. The molecule has 0 saturated heterocycles. The first-order valence-electron chi connectivity index (χ1n) is 11.1. The second kappa shape index (κ2) is 11.5. The highest BCUT2D eigenvalue weighted by molar-refractivity contribution is 5.95. The first-order chi connectivity index (χ1) is 16.3. The van der Waals surface area contributed by atoms with Crippen molar-refractivity contribution in [1.82, 2.24) is 15.3 Å². The average molecular weight is 469 g/mol. The number of nitrogens with zero attached hydrogens (tertiary/aromatic N) is 2. The summed E-state index contributed by atoms with van der Waals surface area (Å²) in [6, 6.07) is 10.6. The van der Waals surface area contributed by atoms with Crippen molar-refractivity contribution in [3.63, 3.8) is 0 Å². The quantitative estimate of drug-likeness (QED) is 0.582. The van der Waals surface area contributed by atoms with Crippen LogP contribution in [0.4, 0.5) is 4.79 Å². The first kappa shape index (κ1) is 25.1. The molecule has 0 aliphatic carbocycles. The van der Waals surface area contributed by atoms with Gasteiger partial charge in [0.05, 0.1) is 20.3 Å². The lowest BCUT2D eigenvalue weighted by molar-refractivity contribution is 0.0713. The van der Waals surface area contributed by atoms with Crippen molar-refractivity contribution in [2.45, 2.75) is 25.3 Å². The Kier molecular flexibility index (Phi) is 8.50. The number of nitrogens with two attached hydrogens (primary N) is 1. The Morgan fingerprint density at radius 3 is 2.50 bits per heavy atom. The number of methoxy groups -OCH3 is 2. The van der Waals surface area contributed by atoms with Crippen molar-refractivity contribution < 1.29 is 23.8 Å². The topological polar surface area (TPSA) is 106 Å². The van der Waals surface area contributed by atoms with Crippen molar-refractivity contribution in [1.29, 1.82) is 0 Å². The number of rotatable bonds is 9. The van der Waals surface area contributed by atoms with E-state index in [1.165, 1.54) is 5.01 Å². The van der Waals surface area contributed by atoms with Crippen LogP contribution >= 0.6 is 0 Å². The molecule has 0 fully saturated rings. The number of ether oxygens (including phenoxy) is 3. The van der Waals surface area contributed by atoms with E-state index in [0.717, 1.165) is 24.1 Å². The van der Waals surface area contributed by atoms with Gasteiger partial charge in [0.15, 0.2) is 11.5 Å². The van der Waals surface area contributed by atoms with E-state index in [1.54, 1.807) is 38.6 Å². The largest absolute Gasteiger partial charge is 0.493 e. The molecule has 0 bridgehead atoms. The molecular weight excluding hydrogens is 436 g/mol. The molecule has 2 amide bonds. The summed E-state index contributed by atoms with van der Waals surface area (Å²) >= 11 is 0. The fourth-order valence-electron chi connectivity index (χ4n) is 3.81. The van der Waals surface area contributed by atoms with Gasteiger partial charge in [0.1, 0.15) is 5.75 Å². The fourth-order valence-corrected chi connectivity index (χ4v) is 3.81. The summed E-state index contributed by atoms with van der Waals surface area (Å²) in [5, 5.41) is 1.47. The number of aryl methyl sites for hydroxylation is 1. The summed E-state index contributed by atoms with van der Waals surface area (Å²) in [6.45, 7) is 0.859. The van der Waals surface area contributed by atoms with Crippen LogP contribution < -0.4 is 25.4 Å². The summed E-state index contributed by atoms with van der Waals surface area (Å²) in [5.74, 6) is 1.42. The average Bonchev–Trinajstić information content (AvgIpc) is 2.83. The third kappa shape index (κ3) is 6.27. The standard InChI is InChI=1S/C25H32N4O5/c1-28(2)13-5-7-18-15-19(10-11-21(18)34-25(26)31)24(30)29-14-6-8-20(27-29)17-9-12-22(32-3)23(16-17)33-4/h6,9-12,14-16,20,27H,5,7-8,13H2,1-4H3,(H2,26,31). The summed E-state index contributed by atoms with van der Waals surface area (Å²) in [7, 11) is 7.16. The van der Waals surface area contributed by atoms with Crippen molar-refractivity contribution in [2.24, 2.45) is 5.73 Å². The van der Waals surface area contributed by atoms with Crippen LogP contribution in [-0.4, -0.2) is 56.8 Å². The number of hydrogen-bond acceptors (Lipinski definition) is 7. The van der Waals surface area contributed by atoms with E-state index in [9.17, 15) is 9.59 Å². The lowest BCUT2D eigenvalue weighted by Gasteiger charge is -2.30. The van der Waals surface area contributed by atoms with Crippen molar-refractivity contribution in [3.05, 3.63) is 65.4 Å². The number of hydrazine groups is 1. The lowest BCUT2D eigenvalue weighted by Crippen LogP contribution is -2.43. The van der Waals surface area contributed by atoms with Crippen LogP contribution in [0.5, 0.6) is 17.2 Å². The van der Waals surface area contributed by atoms with Crippen LogP contribution in [0.2, 0.25) is 0 Å². The molecule has 0 saturated carbocycles. The zero-order chi connectivity index (χ0) is 24.7. The molecule has 0 aromatic heterocycles. The van der Waals surface area contributed by atoms with Gasteiger partial charge in [0.2, 0.25) is 0 Å². The van der Waals surface area contributed by atoms with Crippen molar-refractivity contribution in [2.75, 3.05) is 34.9 Å². The highest BCUT2D eigenvalue weighted by atomic mass is 16.5. The molecule has 2 aromatic carbocycles. The Morgan fingerprint density at radius 2 is 1.82 bits per heavy atom. The van der Waals surface area contributed by atoms with E-state index in [2.05, 4.69) is 10.3 Å². The first-order valence-corrected chi connectivity index (χ1v) is 11.1. The van der Waals surface area contributed by atoms with Crippen LogP contribution in [0.3, 0.4) is 0 Å². The number of carbonyl (C=O) groups is 2. The molecule has 3 rings (SSSR count). The minimum atomic E-state index is -0.883. The molecule has 9 heteroatoms. The molecule has 3 N–H and O–H groups in total. The molecule has 2 aromatic rings. The summed E-state index contributed by atoms with van der Waals surface area (Å²) in [4.78, 5) is 26.7. The Balaban J connectivity index is 1.79. The summed E-state index contributed by atoms with van der Waals surface area (Å²) in [6.07, 6.45) is 4.96. The van der Waals surface area contributed by atoms with Gasteiger partial charge in [-0.05, 0) is 81.4 Å². The smallest absolute Gasteiger partial charge is 0.409 e. The van der Waals surface area contributed by atoms with Gasteiger partial charge in [0.25, 0.3) is 5.91 Å². The van der Waals surface area contributed by atoms with Gasteiger partial charge in [-0.1, -0.05) is 12.1 Å². The third-order valence-electron chi connectivity index (χ3n) is 5.52. The van der Waals surface area contributed by atoms with Gasteiger partial charge in [0, 0.05) is 11.8 Å². The Morgan fingerprint density at radius 1 is 1.09 bits per heavy atom. The van der Waals surface area contributed by atoms with Crippen LogP contribution in [-0.2, 0) is 6.42 Å². The normalized spacial score (nSPS) is 15.3. The summed E-state index contributed by atoms with van der Waals surface area (Å²) < 4.78 is 15.9. The fraction of sp³-hybridized carbons (Fsp3) is 0.360. The van der Waals surface area contributed by atoms with E-state index >= 15 is 0 Å². The van der Waals surface area contributed by atoms with Crippen molar-refractivity contribution in [3.8, 4) is 17.2 Å². The Labute approximate surface area is 200 Å². The molecule has 34 heavy (non-hydrogen) atoms. The molecule has 1 heterocycles. The number of benzene rings is 2. The van der Waals surface area contributed by atoms with Crippen LogP contribution in [0.15, 0.2) is 48.7 Å². The number of hydrogen-bond donors (Lipinski definition) is 2. The molecule has 1 atom stereocenters. The van der Waals surface area contributed by atoms with Crippen LogP contribution in [0, 0.1) is 0 Å². The van der Waals surface area contributed by atoms with E-state index in [1.807, 2.05) is 38.4 Å². The zero-order valence-electron chi connectivity index (χ0n) is 20.0. The number of primary amides is 1. The van der Waals surface area contributed by atoms with Crippen molar-refractivity contribution >= 4 is 12.0 Å². The lowest BCUT2D eigenvalue weighted by atomic mass is 10.0. The van der Waals surface area contributed by atoms with Gasteiger partial charge in [-0.3, -0.25) is 4.79 Å². The highest BCUT2D eigenvalue weighted by Crippen LogP contribution is 2.32.